The molecule has 142 valence electrons. The van der Waals surface area contributed by atoms with Crippen molar-refractivity contribution in [3.63, 3.8) is 0 Å². The van der Waals surface area contributed by atoms with Gasteiger partial charge in [-0.3, -0.25) is 9.59 Å². The molecule has 1 aliphatic heterocycles. The van der Waals surface area contributed by atoms with Gasteiger partial charge in [-0.1, -0.05) is 0 Å². The quantitative estimate of drug-likeness (QED) is 0.895. The Kier molecular flexibility index (Phi) is 4.68. The average molecular weight is 368 g/mol. The molecule has 1 unspecified atom stereocenters. The van der Waals surface area contributed by atoms with E-state index in [0.717, 1.165) is 49.1 Å². The predicted octanol–water partition coefficient (Wildman–Crippen LogP) is 1.99. The Hall–Kier alpha value is -2.70. The van der Waals surface area contributed by atoms with Crippen molar-refractivity contribution in [3.05, 3.63) is 50.8 Å². The Bertz CT molecular complexity index is 937. The van der Waals surface area contributed by atoms with E-state index in [0.29, 0.717) is 30.4 Å². The number of nitrogens with zero attached hydrogens (tertiary/aromatic N) is 3. The fourth-order valence-electron chi connectivity index (χ4n) is 4.15. The molecular weight excluding hydrogens is 344 g/mol. The topological polar surface area (TPSA) is 88.2 Å². The monoisotopic (exact) mass is 368 g/mol. The number of aromatic amines is 1. The van der Waals surface area contributed by atoms with Crippen molar-refractivity contribution in [3.8, 4) is 5.88 Å². The van der Waals surface area contributed by atoms with Gasteiger partial charge in [-0.2, -0.15) is 0 Å². The first-order valence-corrected chi connectivity index (χ1v) is 9.49. The molecule has 2 aliphatic rings. The highest BCUT2D eigenvalue weighted by atomic mass is 16.5. The van der Waals surface area contributed by atoms with E-state index in [1.54, 1.807) is 20.1 Å². The van der Waals surface area contributed by atoms with Crippen LogP contribution in [-0.4, -0.2) is 46.0 Å². The molecule has 3 heterocycles. The number of hydrogen-bond acceptors (Lipinski definition) is 5. The Labute approximate surface area is 157 Å². The highest BCUT2D eigenvalue weighted by Gasteiger charge is 2.29. The van der Waals surface area contributed by atoms with Gasteiger partial charge in [0.2, 0.25) is 5.88 Å². The first-order valence-electron chi connectivity index (χ1n) is 9.49. The van der Waals surface area contributed by atoms with E-state index in [2.05, 4.69) is 15.0 Å². The predicted molar refractivity (Wildman–Crippen MR) is 100 cm³/mol. The van der Waals surface area contributed by atoms with E-state index in [4.69, 9.17) is 4.74 Å². The minimum atomic E-state index is -0.148. The van der Waals surface area contributed by atoms with Crippen molar-refractivity contribution >= 4 is 5.91 Å². The minimum Gasteiger partial charge on any atom is -0.480 e. The number of aryl methyl sites for hydroxylation is 3. The summed E-state index contributed by atoms with van der Waals surface area (Å²) in [7, 11) is 1.56. The van der Waals surface area contributed by atoms with Crippen LogP contribution in [0.4, 0.5) is 0 Å². The van der Waals surface area contributed by atoms with Crippen LogP contribution in [0.2, 0.25) is 0 Å². The number of pyridine rings is 1. The molecule has 1 N–H and O–H groups in total. The van der Waals surface area contributed by atoms with Crippen molar-refractivity contribution in [2.45, 2.75) is 44.9 Å². The number of carbonyl (C=O) groups is 1. The third-order valence-corrected chi connectivity index (χ3v) is 5.45. The second-order valence-corrected chi connectivity index (χ2v) is 7.35. The second kappa shape index (κ2) is 7.13. The van der Waals surface area contributed by atoms with E-state index in [1.807, 2.05) is 11.0 Å². The molecule has 7 nitrogen and oxygen atoms in total. The summed E-state index contributed by atoms with van der Waals surface area (Å²) in [5, 5.41) is 0. The molecule has 0 spiro atoms. The lowest BCUT2D eigenvalue weighted by molar-refractivity contribution is 0.0701. The SMILES string of the molecule is COc1nc2c(cc1C(=O)N1CCCC(c3cc(=O)[nH]c(C)n3)C1)CCC2. The van der Waals surface area contributed by atoms with Crippen LogP contribution in [0.1, 0.15) is 58.3 Å². The number of fused-ring (bicyclic) bond motifs is 1. The van der Waals surface area contributed by atoms with Gasteiger partial charge in [0.25, 0.3) is 11.5 Å². The summed E-state index contributed by atoms with van der Waals surface area (Å²) < 4.78 is 5.41. The maximum absolute atomic E-state index is 13.2. The van der Waals surface area contributed by atoms with E-state index in [1.165, 1.54) is 0 Å². The van der Waals surface area contributed by atoms with Crippen LogP contribution in [0, 0.1) is 6.92 Å². The molecule has 1 aliphatic carbocycles. The van der Waals surface area contributed by atoms with Gasteiger partial charge in [0, 0.05) is 30.8 Å². The fourth-order valence-corrected chi connectivity index (χ4v) is 4.15. The number of amides is 1. The lowest BCUT2D eigenvalue weighted by Gasteiger charge is -2.32. The van der Waals surface area contributed by atoms with Crippen LogP contribution in [0.15, 0.2) is 16.9 Å². The van der Waals surface area contributed by atoms with Crippen LogP contribution in [0.3, 0.4) is 0 Å². The molecule has 4 rings (SSSR count). The summed E-state index contributed by atoms with van der Waals surface area (Å²) in [5.74, 6) is 1.02. The van der Waals surface area contributed by atoms with Crippen LogP contribution in [0.25, 0.3) is 0 Å². The Morgan fingerprint density at radius 3 is 2.89 bits per heavy atom. The van der Waals surface area contributed by atoms with Crippen molar-refractivity contribution < 1.29 is 9.53 Å². The second-order valence-electron chi connectivity index (χ2n) is 7.35. The van der Waals surface area contributed by atoms with Gasteiger partial charge in [-0.15, -0.1) is 0 Å². The molecule has 2 aromatic rings. The highest BCUT2D eigenvalue weighted by molar-refractivity contribution is 5.96. The number of H-pyrrole nitrogens is 1. The van der Waals surface area contributed by atoms with E-state index in [-0.39, 0.29) is 17.4 Å². The van der Waals surface area contributed by atoms with Crippen LogP contribution in [0.5, 0.6) is 5.88 Å². The number of likely N-dealkylation sites (tertiary alicyclic amines) is 1. The molecule has 0 aromatic carbocycles. The fraction of sp³-hybridized carbons (Fsp3) is 0.500. The summed E-state index contributed by atoms with van der Waals surface area (Å²) in [5.41, 5.74) is 3.34. The number of hydrogen-bond donors (Lipinski definition) is 1. The summed E-state index contributed by atoms with van der Waals surface area (Å²) >= 11 is 0. The third kappa shape index (κ3) is 3.46. The maximum atomic E-state index is 13.2. The molecule has 7 heteroatoms. The molecule has 1 fully saturated rings. The van der Waals surface area contributed by atoms with Gasteiger partial charge >= 0.3 is 0 Å². The van der Waals surface area contributed by atoms with Crippen LogP contribution >= 0.6 is 0 Å². The van der Waals surface area contributed by atoms with Gasteiger partial charge < -0.3 is 14.6 Å². The maximum Gasteiger partial charge on any atom is 0.259 e. The molecule has 27 heavy (non-hydrogen) atoms. The van der Waals surface area contributed by atoms with Crippen molar-refractivity contribution in [1.82, 2.24) is 19.9 Å². The number of piperidine rings is 1. The van der Waals surface area contributed by atoms with Crippen LogP contribution < -0.4 is 10.3 Å². The van der Waals surface area contributed by atoms with Gasteiger partial charge in [-0.05, 0) is 50.7 Å². The Balaban J connectivity index is 1.60. The van der Waals surface area contributed by atoms with Gasteiger partial charge in [-0.25, -0.2) is 9.97 Å². The Morgan fingerprint density at radius 2 is 2.11 bits per heavy atom. The van der Waals surface area contributed by atoms with E-state index in [9.17, 15) is 9.59 Å². The normalized spacial score (nSPS) is 19.0. The van der Waals surface area contributed by atoms with E-state index < -0.39 is 0 Å². The molecule has 2 aromatic heterocycles. The smallest absolute Gasteiger partial charge is 0.259 e. The summed E-state index contributed by atoms with van der Waals surface area (Å²) in [4.78, 5) is 38.5. The zero-order valence-electron chi connectivity index (χ0n) is 15.7. The summed E-state index contributed by atoms with van der Waals surface area (Å²) in [6.07, 6.45) is 4.77. The molecular formula is C20H24N4O3. The van der Waals surface area contributed by atoms with Gasteiger partial charge in [0.05, 0.1) is 12.8 Å². The van der Waals surface area contributed by atoms with Crippen molar-refractivity contribution in [2.75, 3.05) is 20.2 Å². The number of methoxy groups -OCH3 is 1. The zero-order valence-corrected chi connectivity index (χ0v) is 15.7. The summed E-state index contributed by atoms with van der Waals surface area (Å²) in [6.45, 7) is 3.02. The van der Waals surface area contributed by atoms with Crippen molar-refractivity contribution in [1.29, 1.82) is 0 Å². The number of aromatic nitrogens is 3. The lowest BCUT2D eigenvalue weighted by Crippen LogP contribution is -2.40. The third-order valence-electron chi connectivity index (χ3n) is 5.45. The van der Waals surface area contributed by atoms with Gasteiger partial charge in [0.1, 0.15) is 11.4 Å². The molecule has 0 bridgehead atoms. The van der Waals surface area contributed by atoms with E-state index >= 15 is 0 Å². The van der Waals surface area contributed by atoms with Crippen LogP contribution in [-0.2, 0) is 12.8 Å². The lowest BCUT2D eigenvalue weighted by atomic mass is 9.94. The first kappa shape index (κ1) is 17.7. The number of rotatable bonds is 3. The number of carbonyl (C=O) groups excluding carboxylic acids is 1. The molecule has 1 amide bonds. The largest absolute Gasteiger partial charge is 0.480 e. The van der Waals surface area contributed by atoms with Crippen molar-refractivity contribution in [2.24, 2.45) is 0 Å². The zero-order chi connectivity index (χ0) is 19.0. The molecule has 1 saturated heterocycles. The first-order chi connectivity index (χ1) is 13.0. The molecule has 1 atom stereocenters. The number of ether oxygens (including phenoxy) is 1. The van der Waals surface area contributed by atoms with Gasteiger partial charge in [0.15, 0.2) is 0 Å². The molecule has 0 saturated carbocycles. The highest BCUT2D eigenvalue weighted by Crippen LogP contribution is 2.30. The summed E-state index contributed by atoms with van der Waals surface area (Å²) in [6, 6.07) is 3.50. The molecule has 0 radical (unpaired) electrons. The Morgan fingerprint density at radius 1 is 1.26 bits per heavy atom. The number of nitrogens with one attached hydrogen (secondary N) is 1. The minimum absolute atomic E-state index is 0.0553. The average Bonchev–Trinajstić information content (AvgIpc) is 3.13. The standard InChI is InChI=1S/C20H24N4O3/c1-12-21-17(10-18(25)22-12)14-6-4-8-24(11-14)20(26)15-9-13-5-3-7-16(13)23-19(15)27-2/h9-10,14H,3-8,11H2,1-2H3,(H,21,22,25).